The lowest BCUT2D eigenvalue weighted by molar-refractivity contribution is -0.134. The molecule has 1 fully saturated rings. The SMILES string of the molecule is CCC1NC(=O)CCN(Cc2ccc(OC)cc2F)C1=O. The van der Waals surface area contributed by atoms with E-state index in [0.717, 1.165) is 0 Å². The summed E-state index contributed by atoms with van der Waals surface area (Å²) in [5.41, 5.74) is 0.411. The number of nitrogens with zero attached hydrogens (tertiary/aromatic N) is 1. The zero-order chi connectivity index (χ0) is 15.4. The second-order valence-electron chi connectivity index (χ2n) is 5.00. The predicted octanol–water partition coefficient (Wildman–Crippen LogP) is 1.46. The zero-order valence-corrected chi connectivity index (χ0v) is 12.2. The second-order valence-corrected chi connectivity index (χ2v) is 5.00. The number of hydrogen-bond donors (Lipinski definition) is 1. The molecule has 1 unspecified atom stereocenters. The van der Waals surface area contributed by atoms with Crippen LogP contribution in [0.4, 0.5) is 4.39 Å². The third-order valence-electron chi connectivity index (χ3n) is 3.58. The number of nitrogens with one attached hydrogen (secondary N) is 1. The van der Waals surface area contributed by atoms with Crippen LogP contribution < -0.4 is 10.1 Å². The van der Waals surface area contributed by atoms with E-state index in [9.17, 15) is 14.0 Å². The van der Waals surface area contributed by atoms with Gasteiger partial charge >= 0.3 is 0 Å². The minimum atomic E-state index is -0.527. The Hall–Kier alpha value is -2.11. The first-order valence-electron chi connectivity index (χ1n) is 6.95. The fourth-order valence-corrected chi connectivity index (χ4v) is 2.32. The summed E-state index contributed by atoms with van der Waals surface area (Å²) in [5.74, 6) is -0.299. The maximum atomic E-state index is 14.0. The van der Waals surface area contributed by atoms with Crippen LogP contribution >= 0.6 is 0 Å². The molecule has 1 aliphatic rings. The van der Waals surface area contributed by atoms with Crippen LogP contribution in [0.5, 0.6) is 5.75 Å². The first-order valence-corrected chi connectivity index (χ1v) is 6.95. The fraction of sp³-hybridized carbons (Fsp3) is 0.467. The first-order chi connectivity index (χ1) is 10.0. The van der Waals surface area contributed by atoms with E-state index >= 15 is 0 Å². The van der Waals surface area contributed by atoms with Gasteiger partial charge in [0.15, 0.2) is 0 Å². The van der Waals surface area contributed by atoms with Crippen LogP contribution in [0.25, 0.3) is 0 Å². The van der Waals surface area contributed by atoms with Crippen LogP contribution in [0, 0.1) is 5.82 Å². The van der Waals surface area contributed by atoms with Gasteiger partial charge in [0.05, 0.1) is 7.11 Å². The van der Waals surface area contributed by atoms with E-state index in [-0.39, 0.29) is 24.8 Å². The smallest absolute Gasteiger partial charge is 0.245 e. The fourth-order valence-electron chi connectivity index (χ4n) is 2.32. The highest BCUT2D eigenvalue weighted by Gasteiger charge is 2.28. The Balaban J connectivity index is 2.17. The van der Waals surface area contributed by atoms with Gasteiger partial charge in [0, 0.05) is 31.1 Å². The van der Waals surface area contributed by atoms with Crippen molar-refractivity contribution in [2.24, 2.45) is 0 Å². The monoisotopic (exact) mass is 294 g/mol. The molecule has 6 heteroatoms. The summed E-state index contributed by atoms with van der Waals surface area (Å²) < 4.78 is 18.9. The maximum Gasteiger partial charge on any atom is 0.245 e. The van der Waals surface area contributed by atoms with E-state index < -0.39 is 11.9 Å². The standard InChI is InChI=1S/C15H19FN2O3/c1-3-13-15(20)18(7-6-14(19)17-13)9-10-4-5-11(21-2)8-12(10)16/h4-5,8,13H,3,6-7,9H2,1-2H3,(H,17,19). The van der Waals surface area contributed by atoms with Gasteiger partial charge in [-0.3, -0.25) is 9.59 Å². The Morgan fingerprint density at radius 2 is 2.19 bits per heavy atom. The number of benzene rings is 1. The Morgan fingerprint density at radius 3 is 2.81 bits per heavy atom. The molecule has 5 nitrogen and oxygen atoms in total. The van der Waals surface area contributed by atoms with Crippen molar-refractivity contribution in [2.45, 2.75) is 32.4 Å². The second kappa shape index (κ2) is 6.56. The van der Waals surface area contributed by atoms with E-state index in [0.29, 0.717) is 24.3 Å². The number of ether oxygens (including phenoxy) is 1. The van der Waals surface area contributed by atoms with Crippen molar-refractivity contribution < 1.29 is 18.7 Å². The Labute approximate surface area is 123 Å². The molecule has 1 aromatic carbocycles. The lowest BCUT2D eigenvalue weighted by Gasteiger charge is -2.23. The average molecular weight is 294 g/mol. The van der Waals surface area contributed by atoms with Gasteiger partial charge in [0.2, 0.25) is 11.8 Å². The molecule has 1 atom stereocenters. The summed E-state index contributed by atoms with van der Waals surface area (Å²) in [6, 6.07) is 4.02. The highest BCUT2D eigenvalue weighted by Crippen LogP contribution is 2.19. The lowest BCUT2D eigenvalue weighted by atomic mass is 10.1. The molecule has 1 aromatic rings. The van der Waals surface area contributed by atoms with Gasteiger partial charge in [-0.1, -0.05) is 13.0 Å². The number of rotatable bonds is 4. The van der Waals surface area contributed by atoms with Gasteiger partial charge in [0.25, 0.3) is 0 Å². The van der Waals surface area contributed by atoms with Crippen molar-refractivity contribution in [3.63, 3.8) is 0 Å². The normalized spacial score (nSPS) is 19.2. The third-order valence-corrected chi connectivity index (χ3v) is 3.58. The summed E-state index contributed by atoms with van der Waals surface area (Å²) in [4.78, 5) is 25.4. The maximum absolute atomic E-state index is 14.0. The van der Waals surface area contributed by atoms with Crippen molar-refractivity contribution in [2.75, 3.05) is 13.7 Å². The van der Waals surface area contributed by atoms with Crippen LogP contribution in [0.15, 0.2) is 18.2 Å². The molecule has 0 radical (unpaired) electrons. The van der Waals surface area contributed by atoms with Gasteiger partial charge in [-0.2, -0.15) is 0 Å². The van der Waals surface area contributed by atoms with Crippen LogP contribution in [-0.2, 0) is 16.1 Å². The molecule has 1 aliphatic heterocycles. The predicted molar refractivity (Wildman–Crippen MR) is 75.2 cm³/mol. The summed E-state index contributed by atoms with van der Waals surface area (Å²) in [6.45, 7) is 2.28. The Morgan fingerprint density at radius 1 is 1.43 bits per heavy atom. The largest absolute Gasteiger partial charge is 0.497 e. The first kappa shape index (κ1) is 15.3. The molecule has 0 bridgehead atoms. The summed E-state index contributed by atoms with van der Waals surface area (Å²) in [7, 11) is 1.47. The lowest BCUT2D eigenvalue weighted by Crippen LogP contribution is -2.44. The van der Waals surface area contributed by atoms with Crippen molar-refractivity contribution in [1.29, 1.82) is 0 Å². The molecule has 1 N–H and O–H groups in total. The molecule has 0 aromatic heterocycles. The molecule has 0 spiro atoms. The van der Waals surface area contributed by atoms with E-state index in [4.69, 9.17) is 4.74 Å². The van der Waals surface area contributed by atoms with Gasteiger partial charge in [-0.15, -0.1) is 0 Å². The molecule has 1 heterocycles. The van der Waals surface area contributed by atoms with E-state index in [1.807, 2.05) is 6.92 Å². The summed E-state index contributed by atoms with van der Waals surface area (Å²) in [5, 5.41) is 2.68. The number of methoxy groups -OCH3 is 1. The molecule has 21 heavy (non-hydrogen) atoms. The van der Waals surface area contributed by atoms with Crippen molar-refractivity contribution in [3.05, 3.63) is 29.6 Å². The van der Waals surface area contributed by atoms with E-state index in [1.165, 1.54) is 18.1 Å². The summed E-state index contributed by atoms with van der Waals surface area (Å²) >= 11 is 0. The van der Waals surface area contributed by atoms with E-state index in [1.54, 1.807) is 12.1 Å². The molecule has 1 saturated heterocycles. The molecule has 2 rings (SSSR count). The molecular weight excluding hydrogens is 275 g/mol. The van der Waals surface area contributed by atoms with Crippen LogP contribution in [0.2, 0.25) is 0 Å². The zero-order valence-electron chi connectivity index (χ0n) is 12.2. The van der Waals surface area contributed by atoms with Crippen molar-refractivity contribution in [3.8, 4) is 5.75 Å². The number of carbonyl (C=O) groups excluding carboxylic acids is 2. The quantitative estimate of drug-likeness (QED) is 0.914. The number of halogens is 1. The Bertz CT molecular complexity index is 548. The highest BCUT2D eigenvalue weighted by molar-refractivity contribution is 5.89. The van der Waals surface area contributed by atoms with Crippen LogP contribution in [0.3, 0.4) is 0 Å². The van der Waals surface area contributed by atoms with Crippen LogP contribution in [-0.4, -0.2) is 36.4 Å². The van der Waals surface area contributed by atoms with Gasteiger partial charge in [0.1, 0.15) is 17.6 Å². The average Bonchev–Trinajstić information content (AvgIpc) is 2.61. The van der Waals surface area contributed by atoms with Crippen LogP contribution in [0.1, 0.15) is 25.3 Å². The number of hydrogen-bond acceptors (Lipinski definition) is 3. The number of amides is 2. The number of carbonyl (C=O) groups is 2. The molecule has 2 amide bonds. The molecule has 0 saturated carbocycles. The van der Waals surface area contributed by atoms with Crippen molar-refractivity contribution in [1.82, 2.24) is 10.2 Å². The molecule has 0 aliphatic carbocycles. The van der Waals surface area contributed by atoms with Gasteiger partial charge in [-0.25, -0.2) is 4.39 Å². The minimum Gasteiger partial charge on any atom is -0.497 e. The Kier molecular flexibility index (Phi) is 4.77. The molecular formula is C15H19FN2O3. The van der Waals surface area contributed by atoms with Gasteiger partial charge < -0.3 is 15.0 Å². The van der Waals surface area contributed by atoms with E-state index in [2.05, 4.69) is 5.32 Å². The highest BCUT2D eigenvalue weighted by atomic mass is 19.1. The van der Waals surface area contributed by atoms with Crippen molar-refractivity contribution >= 4 is 11.8 Å². The topological polar surface area (TPSA) is 58.6 Å². The third kappa shape index (κ3) is 3.51. The minimum absolute atomic E-state index is 0.145. The summed E-state index contributed by atoms with van der Waals surface area (Å²) in [6.07, 6.45) is 0.756. The molecule has 114 valence electrons. The van der Waals surface area contributed by atoms with Gasteiger partial charge in [-0.05, 0) is 12.5 Å².